The van der Waals surface area contributed by atoms with Crippen LogP contribution in [-0.2, 0) is 4.79 Å². The van der Waals surface area contributed by atoms with Crippen LogP contribution < -0.4 is 0 Å². The third kappa shape index (κ3) is 4.23. The highest BCUT2D eigenvalue weighted by Crippen LogP contribution is 2.34. The van der Waals surface area contributed by atoms with E-state index in [1.807, 2.05) is 0 Å². The molecule has 0 aromatic carbocycles. The first kappa shape index (κ1) is 13.8. The standard InChI is InChI=1S/C9H10N2O4S2/c1-2-7(9(12)13)16-17-8-4-3-6(5-10-8)11(14)15/h3-5,7H,2H2,1H3,(H,12,13). The molecule has 0 saturated carbocycles. The predicted molar refractivity (Wildman–Crippen MR) is 66.1 cm³/mol. The zero-order valence-corrected chi connectivity index (χ0v) is 10.5. The van der Waals surface area contributed by atoms with E-state index in [0.717, 1.165) is 6.20 Å². The number of nitrogens with zero attached hydrogens (tertiary/aromatic N) is 2. The van der Waals surface area contributed by atoms with Crippen molar-refractivity contribution in [1.82, 2.24) is 4.98 Å². The van der Waals surface area contributed by atoms with E-state index in [1.54, 1.807) is 6.92 Å². The van der Waals surface area contributed by atoms with Gasteiger partial charge in [0.2, 0.25) is 0 Å². The summed E-state index contributed by atoms with van der Waals surface area (Å²) in [7, 11) is 2.39. The van der Waals surface area contributed by atoms with Crippen LogP contribution in [0.5, 0.6) is 0 Å². The second-order valence-electron chi connectivity index (χ2n) is 3.03. The number of pyridine rings is 1. The Labute approximate surface area is 105 Å². The maximum Gasteiger partial charge on any atom is 0.317 e. The lowest BCUT2D eigenvalue weighted by molar-refractivity contribution is -0.385. The van der Waals surface area contributed by atoms with Gasteiger partial charge in [0.25, 0.3) is 5.69 Å². The van der Waals surface area contributed by atoms with Crippen LogP contribution in [0.4, 0.5) is 5.69 Å². The lowest BCUT2D eigenvalue weighted by atomic mass is 10.3. The topological polar surface area (TPSA) is 93.3 Å². The molecule has 0 fully saturated rings. The molecule has 0 spiro atoms. The molecule has 0 aliphatic rings. The summed E-state index contributed by atoms with van der Waals surface area (Å²) < 4.78 is 0. The van der Waals surface area contributed by atoms with Gasteiger partial charge in [-0.05, 0) is 23.3 Å². The average Bonchev–Trinajstić information content (AvgIpc) is 2.30. The predicted octanol–water partition coefficient (Wildman–Crippen LogP) is 2.59. The normalized spacial score (nSPS) is 12.1. The van der Waals surface area contributed by atoms with Gasteiger partial charge in [-0.1, -0.05) is 17.7 Å². The van der Waals surface area contributed by atoms with Crippen LogP contribution in [0.3, 0.4) is 0 Å². The van der Waals surface area contributed by atoms with E-state index in [0.29, 0.717) is 11.4 Å². The SMILES string of the molecule is CCC(SSc1ccc([N+](=O)[O-])cn1)C(=O)O. The molecule has 1 rings (SSSR count). The van der Waals surface area contributed by atoms with E-state index < -0.39 is 16.1 Å². The molecule has 0 bridgehead atoms. The zero-order chi connectivity index (χ0) is 12.8. The lowest BCUT2D eigenvalue weighted by Gasteiger charge is -2.07. The van der Waals surface area contributed by atoms with E-state index in [4.69, 9.17) is 5.11 Å². The van der Waals surface area contributed by atoms with Gasteiger partial charge in [0.1, 0.15) is 16.5 Å². The Morgan fingerprint density at radius 3 is 2.76 bits per heavy atom. The molecule has 0 aliphatic carbocycles. The third-order valence-electron chi connectivity index (χ3n) is 1.83. The fourth-order valence-corrected chi connectivity index (χ4v) is 3.17. The van der Waals surface area contributed by atoms with Crippen molar-refractivity contribution in [3.8, 4) is 0 Å². The van der Waals surface area contributed by atoms with Gasteiger partial charge in [-0.2, -0.15) is 0 Å². The summed E-state index contributed by atoms with van der Waals surface area (Å²) in [5.41, 5.74) is -0.0790. The highest BCUT2D eigenvalue weighted by atomic mass is 33.1. The van der Waals surface area contributed by atoms with E-state index in [2.05, 4.69) is 4.98 Å². The number of nitro groups is 1. The molecule has 92 valence electrons. The van der Waals surface area contributed by atoms with E-state index in [-0.39, 0.29) is 5.69 Å². The van der Waals surface area contributed by atoms with Crippen LogP contribution >= 0.6 is 21.6 Å². The van der Waals surface area contributed by atoms with Crippen LogP contribution in [-0.4, -0.2) is 26.2 Å². The molecule has 1 atom stereocenters. The lowest BCUT2D eigenvalue weighted by Crippen LogP contribution is -2.13. The Kier molecular flexibility index (Phi) is 5.23. The van der Waals surface area contributed by atoms with Crippen molar-refractivity contribution < 1.29 is 14.8 Å². The van der Waals surface area contributed by atoms with Crippen molar-refractivity contribution in [1.29, 1.82) is 0 Å². The van der Waals surface area contributed by atoms with Crippen molar-refractivity contribution in [2.24, 2.45) is 0 Å². The molecule has 0 saturated heterocycles. The maximum absolute atomic E-state index is 10.8. The fourth-order valence-electron chi connectivity index (χ4n) is 0.921. The number of hydrogen-bond donors (Lipinski definition) is 1. The second-order valence-corrected chi connectivity index (χ2v) is 5.45. The molecule has 17 heavy (non-hydrogen) atoms. The largest absolute Gasteiger partial charge is 0.480 e. The molecule has 1 aromatic rings. The number of rotatable bonds is 6. The first-order valence-corrected chi connectivity index (χ1v) is 6.92. The summed E-state index contributed by atoms with van der Waals surface area (Å²) in [6.07, 6.45) is 1.67. The van der Waals surface area contributed by atoms with E-state index in [9.17, 15) is 14.9 Å². The Hall–Kier alpha value is -1.28. The summed E-state index contributed by atoms with van der Waals surface area (Å²) in [6.45, 7) is 1.79. The molecular formula is C9H10N2O4S2. The summed E-state index contributed by atoms with van der Waals surface area (Å²) >= 11 is 0. The van der Waals surface area contributed by atoms with Gasteiger partial charge in [-0.3, -0.25) is 14.9 Å². The van der Waals surface area contributed by atoms with E-state index in [1.165, 1.54) is 33.7 Å². The minimum absolute atomic E-state index is 0.0790. The molecule has 0 radical (unpaired) electrons. The second kappa shape index (κ2) is 6.45. The van der Waals surface area contributed by atoms with Crippen molar-refractivity contribution in [2.45, 2.75) is 23.6 Å². The summed E-state index contributed by atoms with van der Waals surface area (Å²) in [4.78, 5) is 24.5. The molecule has 8 heteroatoms. The zero-order valence-electron chi connectivity index (χ0n) is 8.90. The van der Waals surface area contributed by atoms with Crippen LogP contribution in [0.1, 0.15) is 13.3 Å². The summed E-state index contributed by atoms with van der Waals surface area (Å²) in [5.74, 6) is -0.869. The molecule has 1 aromatic heterocycles. The van der Waals surface area contributed by atoms with Gasteiger partial charge >= 0.3 is 5.97 Å². The molecular weight excluding hydrogens is 264 g/mol. The van der Waals surface area contributed by atoms with E-state index >= 15 is 0 Å². The van der Waals surface area contributed by atoms with Gasteiger partial charge < -0.3 is 5.11 Å². The molecule has 0 aliphatic heterocycles. The van der Waals surface area contributed by atoms with Gasteiger partial charge in [0.05, 0.1) is 4.92 Å². The Morgan fingerprint density at radius 1 is 1.65 bits per heavy atom. The Bertz CT molecular complexity index is 410. The van der Waals surface area contributed by atoms with Crippen molar-refractivity contribution in [3.63, 3.8) is 0 Å². The van der Waals surface area contributed by atoms with Crippen LogP contribution in [0.2, 0.25) is 0 Å². The maximum atomic E-state index is 10.8. The highest BCUT2D eigenvalue weighted by molar-refractivity contribution is 8.77. The molecule has 1 unspecified atom stereocenters. The van der Waals surface area contributed by atoms with Crippen molar-refractivity contribution >= 4 is 33.2 Å². The van der Waals surface area contributed by atoms with Gasteiger partial charge in [-0.15, -0.1) is 0 Å². The fraction of sp³-hybridized carbons (Fsp3) is 0.333. The average molecular weight is 274 g/mol. The Morgan fingerprint density at radius 2 is 2.35 bits per heavy atom. The highest BCUT2D eigenvalue weighted by Gasteiger charge is 2.16. The number of hydrogen-bond acceptors (Lipinski definition) is 6. The third-order valence-corrected chi connectivity index (χ3v) is 4.60. The van der Waals surface area contributed by atoms with Crippen molar-refractivity contribution in [2.75, 3.05) is 0 Å². The molecule has 0 amide bonds. The first-order chi connectivity index (χ1) is 8.04. The van der Waals surface area contributed by atoms with Crippen molar-refractivity contribution in [3.05, 3.63) is 28.4 Å². The smallest absolute Gasteiger partial charge is 0.317 e. The summed E-state index contributed by atoms with van der Waals surface area (Å²) in [6, 6.07) is 2.85. The van der Waals surface area contributed by atoms with Crippen LogP contribution in [0, 0.1) is 10.1 Å². The minimum atomic E-state index is -0.869. The molecule has 1 N–H and O–H groups in total. The quantitative estimate of drug-likeness (QED) is 0.484. The molecule has 6 nitrogen and oxygen atoms in total. The first-order valence-electron chi connectivity index (χ1n) is 4.71. The van der Waals surface area contributed by atoms with Gasteiger partial charge in [0, 0.05) is 6.07 Å². The molecule has 1 heterocycles. The number of carboxylic acids is 1. The minimum Gasteiger partial charge on any atom is -0.480 e. The van der Waals surface area contributed by atoms with Gasteiger partial charge in [-0.25, -0.2) is 4.98 Å². The number of carbonyl (C=O) groups is 1. The number of aliphatic carboxylic acids is 1. The Balaban J connectivity index is 2.58. The van der Waals surface area contributed by atoms with Gasteiger partial charge in [0.15, 0.2) is 0 Å². The van der Waals surface area contributed by atoms with Crippen LogP contribution in [0.25, 0.3) is 0 Å². The number of carboxylic acid groups (broad SMARTS) is 1. The number of aromatic nitrogens is 1. The summed E-state index contributed by atoms with van der Waals surface area (Å²) in [5, 5.41) is 19.3. The van der Waals surface area contributed by atoms with Crippen LogP contribution in [0.15, 0.2) is 23.4 Å². The monoisotopic (exact) mass is 274 g/mol.